The number of hydrogen-bond donors (Lipinski definition) is 2. The molecule has 4 aromatic rings. The lowest BCUT2D eigenvalue weighted by Crippen LogP contribution is -2.55. The second kappa shape index (κ2) is 16.4. The van der Waals surface area contributed by atoms with Crippen LogP contribution in [-0.4, -0.2) is 48.4 Å². The molecule has 0 aromatic heterocycles. The van der Waals surface area contributed by atoms with Gasteiger partial charge in [0.05, 0.1) is 0 Å². The largest absolute Gasteiger partial charge is 0.458 e. The molecule has 47 heavy (non-hydrogen) atoms. The Labute approximate surface area is 279 Å². The fraction of sp³-hybridized carbons (Fsp3) is 0.308. The zero-order valence-electron chi connectivity index (χ0n) is 27.9. The third kappa shape index (κ3) is 9.76. The third-order valence-electron chi connectivity index (χ3n) is 7.77. The number of rotatable bonds is 13. The second-order valence-corrected chi connectivity index (χ2v) is 16.4. The highest BCUT2D eigenvalue weighted by atomic mass is 31.2. The van der Waals surface area contributed by atoms with Crippen LogP contribution in [0.1, 0.15) is 40.2 Å². The Morgan fingerprint density at radius 2 is 1.13 bits per heavy atom. The van der Waals surface area contributed by atoms with Gasteiger partial charge in [-0.25, -0.2) is 9.59 Å². The Balaban J connectivity index is 1.55. The van der Waals surface area contributed by atoms with E-state index in [1.165, 1.54) is 15.9 Å². The SMILES string of the molecule is CC(C)C(NC(=O)C(Cc1ccccc1)NC(=O)OCC[P+](c1ccccc1)(c1ccccc1)c1ccccc1)C(=O)OC(C)(C)C. The van der Waals surface area contributed by atoms with Gasteiger partial charge in [-0.2, -0.15) is 0 Å². The Bertz CT molecular complexity index is 1480. The van der Waals surface area contributed by atoms with E-state index in [0.717, 1.165) is 5.56 Å². The van der Waals surface area contributed by atoms with Crippen LogP contribution in [0.15, 0.2) is 121 Å². The van der Waals surface area contributed by atoms with Crippen molar-refractivity contribution < 1.29 is 23.9 Å². The maximum absolute atomic E-state index is 13.7. The van der Waals surface area contributed by atoms with Gasteiger partial charge in [-0.1, -0.05) is 98.8 Å². The molecular formula is C39H46N2O5P+. The summed E-state index contributed by atoms with van der Waals surface area (Å²) in [5, 5.41) is 9.17. The van der Waals surface area contributed by atoms with Crippen molar-refractivity contribution in [1.29, 1.82) is 0 Å². The van der Waals surface area contributed by atoms with Crippen LogP contribution in [0.4, 0.5) is 4.79 Å². The fourth-order valence-electron chi connectivity index (χ4n) is 5.52. The predicted molar refractivity (Wildman–Crippen MR) is 191 cm³/mol. The van der Waals surface area contributed by atoms with Crippen molar-refractivity contribution in [2.24, 2.45) is 5.92 Å². The lowest BCUT2D eigenvalue weighted by molar-refractivity contribution is -0.160. The summed E-state index contributed by atoms with van der Waals surface area (Å²) in [6.45, 7) is 9.15. The van der Waals surface area contributed by atoms with E-state index in [0.29, 0.717) is 6.16 Å². The molecule has 4 rings (SSSR count). The first kappa shape index (κ1) is 35.4. The minimum Gasteiger partial charge on any atom is -0.458 e. The summed E-state index contributed by atoms with van der Waals surface area (Å²) < 4.78 is 11.4. The van der Waals surface area contributed by atoms with Crippen molar-refractivity contribution in [3.63, 3.8) is 0 Å². The van der Waals surface area contributed by atoms with Crippen molar-refractivity contribution in [1.82, 2.24) is 10.6 Å². The molecule has 0 aliphatic carbocycles. The number of nitrogens with one attached hydrogen (secondary N) is 2. The topological polar surface area (TPSA) is 93.7 Å². The third-order valence-corrected chi connectivity index (χ3v) is 12.2. The smallest absolute Gasteiger partial charge is 0.407 e. The fourth-order valence-corrected chi connectivity index (χ4v) is 9.59. The zero-order valence-corrected chi connectivity index (χ0v) is 28.8. The minimum atomic E-state index is -2.21. The number of carbonyl (C=O) groups is 3. The number of hydrogen-bond acceptors (Lipinski definition) is 5. The molecular weight excluding hydrogens is 607 g/mol. The van der Waals surface area contributed by atoms with Gasteiger partial charge in [-0.05, 0) is 68.7 Å². The molecule has 0 aliphatic rings. The Hall–Kier alpha value is -4.48. The van der Waals surface area contributed by atoms with Gasteiger partial charge in [0.1, 0.15) is 53.6 Å². The summed E-state index contributed by atoms with van der Waals surface area (Å²) in [6, 6.07) is 38.7. The maximum atomic E-state index is 13.7. The van der Waals surface area contributed by atoms with Gasteiger partial charge in [0, 0.05) is 6.42 Å². The first-order valence-corrected chi connectivity index (χ1v) is 18.0. The zero-order chi connectivity index (χ0) is 33.9. The van der Waals surface area contributed by atoms with Crippen LogP contribution in [0.2, 0.25) is 0 Å². The maximum Gasteiger partial charge on any atom is 0.407 e. The Morgan fingerprint density at radius 1 is 0.681 bits per heavy atom. The highest BCUT2D eigenvalue weighted by molar-refractivity contribution is 7.95. The highest BCUT2D eigenvalue weighted by Crippen LogP contribution is 2.55. The van der Waals surface area contributed by atoms with Gasteiger partial charge < -0.3 is 20.1 Å². The number of carbonyl (C=O) groups excluding carboxylic acids is 3. The molecule has 0 heterocycles. The summed E-state index contributed by atoms with van der Waals surface area (Å²) in [5.41, 5.74) is 0.144. The number of benzene rings is 4. The van der Waals surface area contributed by atoms with E-state index in [4.69, 9.17) is 9.47 Å². The molecule has 7 nitrogen and oxygen atoms in total. The molecule has 0 fully saturated rings. The van der Waals surface area contributed by atoms with Crippen LogP contribution in [-0.2, 0) is 25.5 Å². The van der Waals surface area contributed by atoms with Gasteiger partial charge in [0.2, 0.25) is 5.91 Å². The van der Waals surface area contributed by atoms with Crippen LogP contribution in [0.3, 0.4) is 0 Å². The molecule has 2 atom stereocenters. The van der Waals surface area contributed by atoms with Gasteiger partial charge in [0.15, 0.2) is 0 Å². The summed E-state index contributed by atoms with van der Waals surface area (Å²) in [4.78, 5) is 40.0. The van der Waals surface area contributed by atoms with E-state index < -0.39 is 42.9 Å². The monoisotopic (exact) mass is 653 g/mol. The molecule has 4 aromatic carbocycles. The first-order chi connectivity index (χ1) is 22.5. The predicted octanol–water partition coefficient (Wildman–Crippen LogP) is 5.80. The minimum absolute atomic E-state index is 0.129. The van der Waals surface area contributed by atoms with Crippen LogP contribution < -0.4 is 26.5 Å². The molecule has 2 unspecified atom stereocenters. The number of esters is 1. The molecule has 246 valence electrons. The summed E-state index contributed by atoms with van der Waals surface area (Å²) in [7, 11) is -2.21. The van der Waals surface area contributed by atoms with E-state index >= 15 is 0 Å². The number of ether oxygens (including phenoxy) is 2. The summed E-state index contributed by atoms with van der Waals surface area (Å²) >= 11 is 0. The van der Waals surface area contributed by atoms with Crippen molar-refractivity contribution in [2.45, 2.75) is 58.7 Å². The lowest BCUT2D eigenvalue weighted by Gasteiger charge is -2.28. The quantitative estimate of drug-likeness (QED) is 0.141. The van der Waals surface area contributed by atoms with Crippen LogP contribution in [0.5, 0.6) is 0 Å². The van der Waals surface area contributed by atoms with Crippen LogP contribution in [0.25, 0.3) is 0 Å². The standard InChI is InChI=1S/C39H45N2O5P/c1-29(2)35(37(43)46-39(3,4)5)41-36(42)34(28-30-18-10-6-11-19-30)40-38(44)45-26-27-47(31-20-12-7-13-21-31,32-22-14-8-15-23-32)33-24-16-9-17-25-33/h6-25,29,34-35H,26-28H2,1-5H3,(H-,40,41,42,44)/p+1. The number of amides is 2. The van der Waals surface area contributed by atoms with E-state index in [9.17, 15) is 14.4 Å². The number of alkyl carbamates (subject to hydrolysis) is 1. The summed E-state index contributed by atoms with van der Waals surface area (Å²) in [5.74, 6) is -1.25. The van der Waals surface area contributed by atoms with E-state index in [1.807, 2.05) is 98.8 Å². The average Bonchev–Trinajstić information content (AvgIpc) is 3.06. The van der Waals surface area contributed by atoms with Crippen molar-refractivity contribution >= 4 is 41.1 Å². The molecule has 2 amide bonds. The molecule has 0 saturated carbocycles. The molecule has 2 N–H and O–H groups in total. The van der Waals surface area contributed by atoms with Gasteiger partial charge in [0.25, 0.3) is 0 Å². The molecule has 0 saturated heterocycles. The second-order valence-electron chi connectivity index (χ2n) is 12.8. The molecule has 0 spiro atoms. The van der Waals surface area contributed by atoms with Crippen molar-refractivity contribution in [3.05, 3.63) is 127 Å². The molecule has 0 aliphatic heterocycles. The van der Waals surface area contributed by atoms with Gasteiger partial charge in [-0.15, -0.1) is 0 Å². The van der Waals surface area contributed by atoms with E-state index in [1.54, 1.807) is 20.8 Å². The normalized spacial score (nSPS) is 12.9. The van der Waals surface area contributed by atoms with Gasteiger partial charge >= 0.3 is 12.1 Å². The molecule has 0 radical (unpaired) electrons. The van der Waals surface area contributed by atoms with Crippen LogP contribution in [0, 0.1) is 5.92 Å². The lowest BCUT2D eigenvalue weighted by atomic mass is 10.0. The Morgan fingerprint density at radius 3 is 1.55 bits per heavy atom. The Kier molecular flexibility index (Phi) is 12.3. The average molecular weight is 654 g/mol. The van der Waals surface area contributed by atoms with Crippen LogP contribution >= 0.6 is 7.26 Å². The van der Waals surface area contributed by atoms with Crippen molar-refractivity contribution in [2.75, 3.05) is 12.8 Å². The van der Waals surface area contributed by atoms with Gasteiger partial charge in [-0.3, -0.25) is 4.79 Å². The molecule has 8 heteroatoms. The van der Waals surface area contributed by atoms with E-state index in [-0.39, 0.29) is 18.9 Å². The molecule has 0 bridgehead atoms. The summed E-state index contributed by atoms with van der Waals surface area (Å²) in [6.07, 6.45) is 0.0875. The van der Waals surface area contributed by atoms with Crippen molar-refractivity contribution in [3.8, 4) is 0 Å². The first-order valence-electron chi connectivity index (χ1n) is 16.0. The van der Waals surface area contributed by atoms with E-state index in [2.05, 4.69) is 47.0 Å². The highest BCUT2D eigenvalue weighted by Gasteiger charge is 2.45.